The average Bonchev–Trinajstić information content (AvgIpc) is 2.05. The third kappa shape index (κ3) is 3.35. The maximum atomic E-state index is 8.85. The van der Waals surface area contributed by atoms with Crippen LogP contribution in [0.4, 0.5) is 0 Å². The Morgan fingerprint density at radius 1 is 1.46 bits per heavy atom. The van der Waals surface area contributed by atoms with Crippen molar-refractivity contribution >= 4 is 5.71 Å². The summed E-state index contributed by atoms with van der Waals surface area (Å²) in [6.45, 7) is 11.3. The van der Waals surface area contributed by atoms with Crippen LogP contribution < -0.4 is 0 Å². The van der Waals surface area contributed by atoms with E-state index in [1.807, 2.05) is 6.92 Å². The fourth-order valence-corrected chi connectivity index (χ4v) is 0.876. The van der Waals surface area contributed by atoms with Crippen molar-refractivity contribution in [2.24, 2.45) is 16.5 Å². The molecule has 0 aliphatic rings. The van der Waals surface area contributed by atoms with E-state index in [-0.39, 0.29) is 5.41 Å². The summed E-state index contributed by atoms with van der Waals surface area (Å²) < 4.78 is 5.23. The third-order valence-corrected chi connectivity index (χ3v) is 2.75. The minimum Gasteiger partial charge on any atom is -0.411 e. The van der Waals surface area contributed by atoms with Crippen LogP contribution in [0.1, 0.15) is 34.6 Å². The van der Waals surface area contributed by atoms with Crippen LogP contribution in [0.5, 0.6) is 0 Å². The molecule has 3 nitrogen and oxygen atoms in total. The molecule has 0 radical (unpaired) electrons. The average molecular weight is 187 g/mol. The summed E-state index contributed by atoms with van der Waals surface area (Å²) >= 11 is 0. The number of hydrogen-bond acceptors (Lipinski definition) is 3. The van der Waals surface area contributed by atoms with E-state index in [4.69, 9.17) is 9.94 Å². The van der Waals surface area contributed by atoms with E-state index >= 15 is 0 Å². The second-order valence-corrected chi connectivity index (χ2v) is 4.06. The van der Waals surface area contributed by atoms with Gasteiger partial charge in [-0.3, -0.25) is 0 Å². The van der Waals surface area contributed by atoms with E-state index in [2.05, 4.69) is 32.9 Å². The first-order valence-corrected chi connectivity index (χ1v) is 4.75. The summed E-state index contributed by atoms with van der Waals surface area (Å²) in [7, 11) is 0. The molecule has 0 aliphatic heterocycles. The SMILES string of the molecule is CCOC/C(=N/O)C(C)(C)C(C)C. The third-order valence-electron chi connectivity index (χ3n) is 2.75. The zero-order chi connectivity index (χ0) is 10.5. The predicted octanol–water partition coefficient (Wildman–Crippen LogP) is 2.54. The summed E-state index contributed by atoms with van der Waals surface area (Å²) in [5.41, 5.74) is 0.605. The minimum atomic E-state index is -0.107. The highest BCUT2D eigenvalue weighted by atomic mass is 16.5. The van der Waals surface area contributed by atoms with Gasteiger partial charge in [-0.25, -0.2) is 0 Å². The molecule has 0 atom stereocenters. The van der Waals surface area contributed by atoms with Crippen molar-refractivity contribution in [1.82, 2.24) is 0 Å². The van der Waals surface area contributed by atoms with Crippen molar-refractivity contribution in [3.8, 4) is 0 Å². The van der Waals surface area contributed by atoms with E-state index in [0.29, 0.717) is 24.8 Å². The van der Waals surface area contributed by atoms with Crippen LogP contribution >= 0.6 is 0 Å². The summed E-state index contributed by atoms with van der Waals surface area (Å²) in [6.07, 6.45) is 0. The Kier molecular flexibility index (Phi) is 4.99. The van der Waals surface area contributed by atoms with E-state index in [0.717, 1.165) is 0 Å². The Morgan fingerprint density at radius 2 is 2.00 bits per heavy atom. The van der Waals surface area contributed by atoms with E-state index in [1.165, 1.54) is 0 Å². The van der Waals surface area contributed by atoms with E-state index < -0.39 is 0 Å². The molecule has 0 rings (SSSR count). The lowest BCUT2D eigenvalue weighted by Crippen LogP contribution is -2.33. The molecule has 0 fully saturated rings. The molecule has 0 aromatic heterocycles. The molecule has 1 N–H and O–H groups in total. The minimum absolute atomic E-state index is 0.107. The van der Waals surface area contributed by atoms with Gasteiger partial charge in [-0.15, -0.1) is 0 Å². The number of hydrogen-bond donors (Lipinski definition) is 1. The van der Waals surface area contributed by atoms with Gasteiger partial charge in [0.1, 0.15) is 0 Å². The normalized spacial score (nSPS) is 13.8. The molecule has 0 aliphatic carbocycles. The molecule has 3 heteroatoms. The molecular weight excluding hydrogens is 166 g/mol. The molecule has 78 valence electrons. The molecule has 0 heterocycles. The van der Waals surface area contributed by atoms with E-state index in [1.54, 1.807) is 0 Å². The van der Waals surface area contributed by atoms with Crippen LogP contribution in [-0.4, -0.2) is 24.1 Å². The molecule has 0 amide bonds. The van der Waals surface area contributed by atoms with Crippen LogP contribution in [0.2, 0.25) is 0 Å². The van der Waals surface area contributed by atoms with Crippen LogP contribution in [0.15, 0.2) is 5.16 Å². The lowest BCUT2D eigenvalue weighted by atomic mass is 9.77. The number of oxime groups is 1. The highest BCUT2D eigenvalue weighted by molar-refractivity contribution is 5.90. The van der Waals surface area contributed by atoms with Gasteiger partial charge in [0.15, 0.2) is 0 Å². The van der Waals surface area contributed by atoms with Crippen molar-refractivity contribution in [3.63, 3.8) is 0 Å². The second kappa shape index (κ2) is 5.22. The second-order valence-electron chi connectivity index (χ2n) is 4.06. The summed E-state index contributed by atoms with van der Waals surface area (Å²) in [5, 5.41) is 12.2. The van der Waals surface area contributed by atoms with Crippen LogP contribution in [-0.2, 0) is 4.74 Å². The van der Waals surface area contributed by atoms with Crippen molar-refractivity contribution in [1.29, 1.82) is 0 Å². The van der Waals surface area contributed by atoms with Crippen molar-refractivity contribution in [2.45, 2.75) is 34.6 Å². The number of ether oxygens (including phenoxy) is 1. The van der Waals surface area contributed by atoms with Crippen molar-refractivity contribution in [2.75, 3.05) is 13.2 Å². The van der Waals surface area contributed by atoms with Crippen LogP contribution in [0, 0.1) is 11.3 Å². The van der Waals surface area contributed by atoms with Gasteiger partial charge >= 0.3 is 0 Å². The van der Waals surface area contributed by atoms with Gasteiger partial charge in [0.2, 0.25) is 0 Å². The van der Waals surface area contributed by atoms with Crippen LogP contribution in [0.25, 0.3) is 0 Å². The maximum Gasteiger partial charge on any atom is 0.0887 e. The van der Waals surface area contributed by atoms with Gasteiger partial charge in [-0.1, -0.05) is 32.9 Å². The predicted molar refractivity (Wildman–Crippen MR) is 54.3 cm³/mol. The molecule has 0 unspecified atom stereocenters. The number of rotatable bonds is 5. The molecule has 0 aromatic carbocycles. The standard InChI is InChI=1S/C10H21NO2/c1-6-13-7-9(11-12)10(4,5)8(2)3/h8,12H,6-7H2,1-5H3/b11-9-. The topological polar surface area (TPSA) is 41.8 Å². The molecule has 0 spiro atoms. The Bertz CT molecular complexity index is 174. The zero-order valence-corrected chi connectivity index (χ0v) is 9.29. The fourth-order valence-electron chi connectivity index (χ4n) is 0.876. The van der Waals surface area contributed by atoms with Gasteiger partial charge < -0.3 is 9.94 Å². The first-order valence-electron chi connectivity index (χ1n) is 4.75. The number of nitrogens with zero attached hydrogens (tertiary/aromatic N) is 1. The van der Waals surface area contributed by atoms with Crippen LogP contribution in [0.3, 0.4) is 0 Å². The molecule has 0 saturated carbocycles. The Morgan fingerprint density at radius 3 is 2.31 bits per heavy atom. The molecular formula is C10H21NO2. The summed E-state index contributed by atoms with van der Waals surface area (Å²) in [5.74, 6) is 0.429. The summed E-state index contributed by atoms with van der Waals surface area (Å²) in [4.78, 5) is 0. The maximum absolute atomic E-state index is 8.85. The highest BCUT2D eigenvalue weighted by Crippen LogP contribution is 2.28. The largest absolute Gasteiger partial charge is 0.411 e. The fraction of sp³-hybridized carbons (Fsp3) is 0.900. The van der Waals surface area contributed by atoms with Crippen molar-refractivity contribution < 1.29 is 9.94 Å². The van der Waals surface area contributed by atoms with E-state index in [9.17, 15) is 0 Å². The Labute approximate surface area is 80.8 Å². The highest BCUT2D eigenvalue weighted by Gasteiger charge is 2.29. The quantitative estimate of drug-likeness (QED) is 0.408. The van der Waals surface area contributed by atoms with Gasteiger partial charge in [0.25, 0.3) is 0 Å². The van der Waals surface area contributed by atoms with Crippen molar-refractivity contribution in [3.05, 3.63) is 0 Å². The molecule has 0 bridgehead atoms. The van der Waals surface area contributed by atoms with Gasteiger partial charge in [0.05, 0.1) is 12.3 Å². The monoisotopic (exact) mass is 187 g/mol. The molecule has 0 saturated heterocycles. The Balaban J connectivity index is 4.40. The molecule has 0 aromatic rings. The lowest BCUT2D eigenvalue weighted by molar-refractivity contribution is 0.170. The first kappa shape index (κ1) is 12.4. The van der Waals surface area contributed by atoms with Gasteiger partial charge in [0, 0.05) is 12.0 Å². The molecule has 13 heavy (non-hydrogen) atoms. The smallest absolute Gasteiger partial charge is 0.0887 e. The Hall–Kier alpha value is -0.570. The lowest BCUT2D eigenvalue weighted by Gasteiger charge is -2.29. The van der Waals surface area contributed by atoms with Gasteiger partial charge in [-0.05, 0) is 12.8 Å². The zero-order valence-electron chi connectivity index (χ0n) is 9.29. The first-order chi connectivity index (χ1) is 5.96. The summed E-state index contributed by atoms with van der Waals surface area (Å²) in [6, 6.07) is 0. The van der Waals surface area contributed by atoms with Gasteiger partial charge in [-0.2, -0.15) is 0 Å².